The van der Waals surface area contributed by atoms with Crippen LogP contribution < -0.4 is 5.43 Å². The van der Waals surface area contributed by atoms with E-state index in [1.54, 1.807) is 0 Å². The van der Waals surface area contributed by atoms with E-state index in [0.29, 0.717) is 0 Å². The second-order valence-corrected chi connectivity index (χ2v) is 4.76. The Morgan fingerprint density at radius 1 is 0.917 bits per heavy atom. The van der Waals surface area contributed by atoms with Crippen LogP contribution in [0.1, 0.15) is 46.5 Å². The highest BCUT2D eigenvalue weighted by Crippen LogP contribution is 2.10. The second-order valence-electron chi connectivity index (χ2n) is 4.76. The Bertz CT molecular complexity index is 118. The van der Waals surface area contributed by atoms with Gasteiger partial charge in [-0.15, -0.1) is 0 Å². The number of nitrogens with zero attached hydrogens (tertiary/aromatic N) is 1. The van der Waals surface area contributed by atoms with E-state index in [1.807, 2.05) is 0 Å². The van der Waals surface area contributed by atoms with Gasteiger partial charge in [-0.1, -0.05) is 12.8 Å². The van der Waals surface area contributed by atoms with Gasteiger partial charge in [0.15, 0.2) is 0 Å². The summed E-state index contributed by atoms with van der Waals surface area (Å²) in [6.45, 7) is 9.10. The minimum absolute atomic E-state index is 0.227. The van der Waals surface area contributed by atoms with Gasteiger partial charge in [0.05, 0.1) is 0 Å². The van der Waals surface area contributed by atoms with E-state index in [9.17, 15) is 0 Å². The Morgan fingerprint density at radius 2 is 1.42 bits per heavy atom. The first kappa shape index (κ1) is 10.0. The molecule has 0 aliphatic carbocycles. The molecule has 0 radical (unpaired) electrons. The lowest BCUT2D eigenvalue weighted by Crippen LogP contribution is -2.49. The summed E-state index contributed by atoms with van der Waals surface area (Å²) >= 11 is 0. The zero-order valence-corrected chi connectivity index (χ0v) is 8.69. The third-order valence-electron chi connectivity index (χ3n) is 2.10. The summed E-state index contributed by atoms with van der Waals surface area (Å²) in [5.41, 5.74) is 3.76. The zero-order valence-electron chi connectivity index (χ0n) is 8.69. The van der Waals surface area contributed by atoms with Crippen LogP contribution in [-0.4, -0.2) is 23.6 Å². The molecular formula is C10H22N2. The van der Waals surface area contributed by atoms with Crippen LogP contribution in [0.2, 0.25) is 0 Å². The van der Waals surface area contributed by atoms with Crippen LogP contribution in [0.3, 0.4) is 0 Å². The van der Waals surface area contributed by atoms with Gasteiger partial charge in [-0.3, -0.25) is 0 Å². The van der Waals surface area contributed by atoms with Crippen molar-refractivity contribution < 1.29 is 0 Å². The molecule has 0 aromatic carbocycles. The highest BCUT2D eigenvalue weighted by atomic mass is 15.5. The third kappa shape index (κ3) is 4.07. The predicted octanol–water partition coefficient (Wildman–Crippen LogP) is 2.17. The lowest BCUT2D eigenvalue weighted by atomic mass is 10.1. The molecule has 1 N–H and O–H groups in total. The summed E-state index contributed by atoms with van der Waals surface area (Å²) in [7, 11) is 0. The maximum absolute atomic E-state index is 3.53. The quantitative estimate of drug-likeness (QED) is 0.649. The van der Waals surface area contributed by atoms with Gasteiger partial charge < -0.3 is 0 Å². The first-order valence-electron chi connectivity index (χ1n) is 5.11. The van der Waals surface area contributed by atoms with Crippen LogP contribution in [0, 0.1) is 0 Å². The lowest BCUT2D eigenvalue weighted by Gasteiger charge is -2.30. The minimum atomic E-state index is 0.227. The van der Waals surface area contributed by atoms with Gasteiger partial charge in [-0.25, -0.2) is 10.4 Å². The van der Waals surface area contributed by atoms with Gasteiger partial charge in [-0.2, -0.15) is 0 Å². The van der Waals surface area contributed by atoms with Crippen molar-refractivity contribution in [2.75, 3.05) is 13.1 Å². The molecule has 1 rings (SSSR count). The van der Waals surface area contributed by atoms with Crippen molar-refractivity contribution in [1.82, 2.24) is 10.4 Å². The van der Waals surface area contributed by atoms with Gasteiger partial charge in [0.25, 0.3) is 0 Å². The van der Waals surface area contributed by atoms with Gasteiger partial charge in [0, 0.05) is 18.6 Å². The van der Waals surface area contributed by atoms with E-state index in [-0.39, 0.29) is 5.54 Å². The Hall–Kier alpha value is -0.0800. The molecule has 0 unspecified atom stereocenters. The standard InChI is InChI=1S/C10H22N2/c1-10(2,3)11-12-8-6-4-5-7-9-12/h11H,4-9H2,1-3H3. The van der Waals surface area contributed by atoms with E-state index >= 15 is 0 Å². The number of rotatable bonds is 1. The molecule has 2 heteroatoms. The largest absolute Gasteiger partial charge is 0.250 e. The van der Waals surface area contributed by atoms with Crippen LogP contribution in [0.4, 0.5) is 0 Å². The Kier molecular flexibility index (Phi) is 3.53. The first-order valence-corrected chi connectivity index (χ1v) is 5.11. The molecule has 0 aromatic rings. The summed E-state index contributed by atoms with van der Waals surface area (Å²) in [6.07, 6.45) is 5.51. The fraction of sp³-hybridized carbons (Fsp3) is 1.00. The lowest BCUT2D eigenvalue weighted by molar-refractivity contribution is 0.132. The van der Waals surface area contributed by atoms with Gasteiger partial charge in [0.1, 0.15) is 0 Å². The Morgan fingerprint density at radius 3 is 1.83 bits per heavy atom. The normalized spacial score (nSPS) is 22.2. The molecule has 1 aliphatic rings. The maximum atomic E-state index is 3.53. The Labute approximate surface area is 76.3 Å². The molecular weight excluding hydrogens is 148 g/mol. The van der Waals surface area contributed by atoms with Crippen LogP contribution in [0.5, 0.6) is 0 Å². The second kappa shape index (κ2) is 4.24. The van der Waals surface area contributed by atoms with E-state index in [0.717, 1.165) is 0 Å². The fourth-order valence-electron chi connectivity index (χ4n) is 1.66. The summed E-state index contributed by atoms with van der Waals surface area (Å²) in [4.78, 5) is 0. The topological polar surface area (TPSA) is 15.3 Å². The molecule has 0 saturated carbocycles. The van der Waals surface area contributed by atoms with Crippen molar-refractivity contribution in [3.8, 4) is 0 Å². The van der Waals surface area contributed by atoms with E-state index in [4.69, 9.17) is 0 Å². The van der Waals surface area contributed by atoms with Crippen LogP contribution in [0.15, 0.2) is 0 Å². The smallest absolute Gasteiger partial charge is 0.0241 e. The summed E-state index contributed by atoms with van der Waals surface area (Å²) in [6, 6.07) is 0. The van der Waals surface area contributed by atoms with Gasteiger partial charge >= 0.3 is 0 Å². The molecule has 1 fully saturated rings. The zero-order chi connectivity index (χ0) is 9.03. The molecule has 1 aliphatic heterocycles. The Balaban J connectivity index is 2.30. The molecule has 1 saturated heterocycles. The third-order valence-corrected chi connectivity index (χ3v) is 2.10. The maximum Gasteiger partial charge on any atom is 0.0241 e. The van der Waals surface area contributed by atoms with E-state index < -0.39 is 0 Å². The monoisotopic (exact) mass is 170 g/mol. The summed E-state index contributed by atoms with van der Waals surface area (Å²) in [5, 5.41) is 2.38. The summed E-state index contributed by atoms with van der Waals surface area (Å²) < 4.78 is 0. The van der Waals surface area contributed by atoms with Crippen molar-refractivity contribution in [3.05, 3.63) is 0 Å². The van der Waals surface area contributed by atoms with Gasteiger partial charge in [0.2, 0.25) is 0 Å². The molecule has 0 bridgehead atoms. The highest BCUT2D eigenvalue weighted by Gasteiger charge is 2.15. The van der Waals surface area contributed by atoms with Crippen LogP contribution in [0.25, 0.3) is 0 Å². The first-order chi connectivity index (χ1) is 5.58. The molecule has 72 valence electrons. The molecule has 0 atom stereocenters. The van der Waals surface area contributed by atoms with Gasteiger partial charge in [-0.05, 0) is 33.6 Å². The molecule has 0 amide bonds. The molecule has 1 heterocycles. The predicted molar refractivity (Wildman–Crippen MR) is 52.9 cm³/mol. The average Bonchev–Trinajstić information content (AvgIpc) is 2.12. The SMILES string of the molecule is CC(C)(C)NN1CCCCCC1. The van der Waals surface area contributed by atoms with Crippen molar-refractivity contribution in [2.24, 2.45) is 0 Å². The van der Waals surface area contributed by atoms with Crippen LogP contribution in [-0.2, 0) is 0 Å². The number of hydrogen-bond acceptors (Lipinski definition) is 2. The van der Waals surface area contributed by atoms with E-state index in [2.05, 4.69) is 31.2 Å². The molecule has 12 heavy (non-hydrogen) atoms. The minimum Gasteiger partial charge on any atom is -0.250 e. The van der Waals surface area contributed by atoms with E-state index in [1.165, 1.54) is 38.8 Å². The van der Waals surface area contributed by atoms with Crippen molar-refractivity contribution in [1.29, 1.82) is 0 Å². The number of nitrogens with one attached hydrogen (secondary N) is 1. The molecule has 0 spiro atoms. The van der Waals surface area contributed by atoms with Crippen LogP contribution >= 0.6 is 0 Å². The molecule has 2 nitrogen and oxygen atoms in total. The van der Waals surface area contributed by atoms with Crippen molar-refractivity contribution in [3.63, 3.8) is 0 Å². The number of hydrogen-bond donors (Lipinski definition) is 1. The van der Waals surface area contributed by atoms with Crippen molar-refractivity contribution >= 4 is 0 Å². The van der Waals surface area contributed by atoms with Crippen molar-refractivity contribution in [2.45, 2.75) is 52.0 Å². The summed E-state index contributed by atoms with van der Waals surface area (Å²) in [5.74, 6) is 0. The number of hydrazine groups is 1. The fourth-order valence-corrected chi connectivity index (χ4v) is 1.66. The average molecular weight is 170 g/mol. The molecule has 0 aromatic heterocycles. The highest BCUT2D eigenvalue weighted by molar-refractivity contribution is 4.70.